The van der Waals surface area contributed by atoms with E-state index in [-0.39, 0.29) is 24.3 Å². The number of carbonyl (C=O) groups excluding carboxylic acids is 1. The third-order valence-corrected chi connectivity index (χ3v) is 4.30. The average molecular weight is 331 g/mol. The molecule has 120 valence electrons. The van der Waals surface area contributed by atoms with Crippen molar-refractivity contribution in [3.63, 3.8) is 0 Å². The van der Waals surface area contributed by atoms with Gasteiger partial charge >= 0.3 is 16.2 Å². The van der Waals surface area contributed by atoms with E-state index in [1.54, 1.807) is 0 Å². The first kappa shape index (κ1) is 16.2. The van der Waals surface area contributed by atoms with Gasteiger partial charge in [-0.3, -0.25) is 4.79 Å². The van der Waals surface area contributed by atoms with E-state index in [1.165, 1.54) is 24.3 Å². The molecule has 0 spiro atoms. The quantitative estimate of drug-likeness (QED) is 0.767. The van der Waals surface area contributed by atoms with Gasteiger partial charge in [-0.2, -0.15) is 8.42 Å². The Balaban J connectivity index is 2.24. The summed E-state index contributed by atoms with van der Waals surface area (Å²) in [6.07, 6.45) is -0.217. The third-order valence-electron chi connectivity index (χ3n) is 3.43. The molecule has 1 aromatic carbocycles. The van der Waals surface area contributed by atoms with E-state index in [0.717, 1.165) is 4.90 Å². The number of aliphatic carboxylic acids is 1. The van der Waals surface area contributed by atoms with E-state index >= 15 is 0 Å². The van der Waals surface area contributed by atoms with Gasteiger partial charge in [-0.15, -0.1) is 3.89 Å². The summed E-state index contributed by atoms with van der Waals surface area (Å²) in [7, 11) is -4.73. The number of amides is 1. The number of carboxylic acid groups (broad SMARTS) is 1. The molecular weight excluding hydrogens is 317 g/mol. The van der Waals surface area contributed by atoms with Gasteiger partial charge in [0.1, 0.15) is 5.75 Å². The number of rotatable bonds is 5. The minimum Gasteiger partial charge on any atom is -0.508 e. The van der Waals surface area contributed by atoms with Crippen LogP contribution in [0, 0.1) is 5.92 Å². The Kier molecular flexibility index (Phi) is 4.36. The molecule has 9 heteroatoms. The van der Waals surface area contributed by atoms with Gasteiger partial charge in [0.15, 0.2) is 6.04 Å². The van der Waals surface area contributed by atoms with Crippen LogP contribution in [0.2, 0.25) is 0 Å². The van der Waals surface area contributed by atoms with Crippen molar-refractivity contribution in [1.29, 1.82) is 0 Å². The number of benzene rings is 1. The Hall–Kier alpha value is -2.16. The summed E-state index contributed by atoms with van der Waals surface area (Å²) in [5.74, 6) is -3.47. The number of nitrogens with zero attached hydrogens (tertiary/aromatic N) is 1. The lowest BCUT2D eigenvalue weighted by Crippen LogP contribution is -2.35. The van der Waals surface area contributed by atoms with Crippen LogP contribution in [0.15, 0.2) is 24.3 Å². The van der Waals surface area contributed by atoms with Crippen molar-refractivity contribution in [2.24, 2.45) is 5.92 Å². The minimum absolute atomic E-state index is 0.0537. The highest BCUT2D eigenvalue weighted by molar-refractivity contribution is 7.86. The summed E-state index contributed by atoms with van der Waals surface area (Å²) in [5.41, 5.74) is 0.266. The van der Waals surface area contributed by atoms with Crippen LogP contribution in [0.5, 0.6) is 5.75 Å². The molecule has 0 bridgehead atoms. The molecule has 0 aliphatic carbocycles. The highest BCUT2D eigenvalue weighted by Gasteiger charge is 2.40. The molecule has 0 saturated carbocycles. The third kappa shape index (κ3) is 3.73. The number of phenols is 1. The van der Waals surface area contributed by atoms with Gasteiger partial charge in [0.25, 0.3) is 0 Å². The molecule has 1 aliphatic rings. The maximum Gasteiger partial charge on any atom is 0.331 e. The van der Waals surface area contributed by atoms with E-state index < -0.39 is 39.8 Å². The number of likely N-dealkylation sites (tertiary alicyclic amines) is 1. The van der Waals surface area contributed by atoms with Crippen molar-refractivity contribution in [1.82, 2.24) is 4.90 Å². The monoisotopic (exact) mass is 331 g/mol. The molecule has 1 aromatic rings. The van der Waals surface area contributed by atoms with Crippen molar-refractivity contribution in [2.45, 2.75) is 12.5 Å². The fourth-order valence-electron chi connectivity index (χ4n) is 2.56. The van der Waals surface area contributed by atoms with E-state index in [4.69, 9.17) is 0 Å². The number of aromatic hydroxyl groups is 1. The number of carbonyl (C=O) groups is 2. The van der Waals surface area contributed by atoms with Crippen LogP contribution in [-0.4, -0.2) is 47.7 Å². The van der Waals surface area contributed by atoms with E-state index in [1.807, 2.05) is 0 Å². The van der Waals surface area contributed by atoms with Gasteiger partial charge in [-0.25, -0.2) is 4.79 Å². The average Bonchev–Trinajstić information content (AvgIpc) is 2.70. The summed E-state index contributed by atoms with van der Waals surface area (Å²) < 4.78 is 34.1. The maximum absolute atomic E-state index is 12.7. The zero-order valence-electron chi connectivity index (χ0n) is 11.3. The Morgan fingerprint density at radius 3 is 2.45 bits per heavy atom. The minimum atomic E-state index is -4.73. The lowest BCUT2D eigenvalue weighted by atomic mass is 10.1. The van der Waals surface area contributed by atoms with E-state index in [2.05, 4.69) is 0 Å². The Morgan fingerprint density at radius 1 is 1.36 bits per heavy atom. The van der Waals surface area contributed by atoms with Crippen LogP contribution in [-0.2, 0) is 19.8 Å². The molecular formula is C13H14FNO6S. The first-order chi connectivity index (χ1) is 10.2. The lowest BCUT2D eigenvalue weighted by molar-refractivity contribution is -0.148. The molecule has 2 N–H and O–H groups in total. The number of carboxylic acids is 1. The molecule has 1 aliphatic heterocycles. The normalized spacial score (nSPS) is 20.1. The molecule has 1 saturated heterocycles. The van der Waals surface area contributed by atoms with Gasteiger partial charge in [-0.05, 0) is 17.7 Å². The number of hydrogen-bond donors (Lipinski definition) is 2. The Morgan fingerprint density at radius 2 is 1.95 bits per heavy atom. The standard InChI is InChI=1S/C13H14FNO6S/c14-22(20,21)7-8-5-11(17)15(6-8)12(13(18)19)9-1-3-10(16)4-2-9/h1-4,8,12,16H,5-7H2,(H,18,19)/t8?,12-/m1/s1. The fraction of sp³-hybridized carbons (Fsp3) is 0.385. The van der Waals surface area contributed by atoms with Gasteiger partial charge in [-0.1, -0.05) is 12.1 Å². The molecule has 2 atom stereocenters. The van der Waals surface area contributed by atoms with E-state index in [9.17, 15) is 32.1 Å². The summed E-state index contributed by atoms with van der Waals surface area (Å²) in [6.45, 7) is -0.153. The molecule has 2 rings (SSSR count). The van der Waals surface area contributed by atoms with Crippen LogP contribution in [0.3, 0.4) is 0 Å². The van der Waals surface area contributed by atoms with Crippen LogP contribution >= 0.6 is 0 Å². The van der Waals surface area contributed by atoms with Gasteiger partial charge < -0.3 is 15.1 Å². The second-order valence-electron chi connectivity index (χ2n) is 5.15. The molecule has 1 unspecified atom stereocenters. The number of phenolic OH excluding ortho intramolecular Hbond substituents is 1. The first-order valence-electron chi connectivity index (χ1n) is 6.41. The van der Waals surface area contributed by atoms with Crippen LogP contribution in [0.1, 0.15) is 18.0 Å². The lowest BCUT2D eigenvalue weighted by Gasteiger charge is -2.25. The number of hydrogen-bond acceptors (Lipinski definition) is 5. The zero-order chi connectivity index (χ0) is 16.5. The van der Waals surface area contributed by atoms with Crippen LogP contribution in [0.25, 0.3) is 0 Å². The molecule has 1 heterocycles. The Labute approximate surface area is 126 Å². The summed E-state index contributed by atoms with van der Waals surface area (Å²) in [4.78, 5) is 24.4. The predicted molar refractivity (Wildman–Crippen MR) is 73.2 cm³/mol. The van der Waals surface area contributed by atoms with Gasteiger partial charge in [0.05, 0.1) is 5.75 Å². The highest BCUT2D eigenvalue weighted by atomic mass is 32.3. The zero-order valence-corrected chi connectivity index (χ0v) is 12.2. The highest BCUT2D eigenvalue weighted by Crippen LogP contribution is 2.30. The molecule has 1 fully saturated rings. The van der Waals surface area contributed by atoms with Crippen molar-refractivity contribution >= 4 is 22.1 Å². The second-order valence-corrected chi connectivity index (χ2v) is 6.57. The molecule has 1 amide bonds. The topological polar surface area (TPSA) is 112 Å². The largest absolute Gasteiger partial charge is 0.508 e. The summed E-state index contributed by atoms with van der Waals surface area (Å²) >= 11 is 0. The van der Waals surface area contributed by atoms with Gasteiger partial charge in [0.2, 0.25) is 5.91 Å². The summed E-state index contributed by atoms with van der Waals surface area (Å²) in [6, 6.07) is 3.99. The van der Waals surface area contributed by atoms with E-state index in [0.29, 0.717) is 0 Å². The smallest absolute Gasteiger partial charge is 0.331 e. The summed E-state index contributed by atoms with van der Waals surface area (Å²) in [5, 5.41) is 18.6. The van der Waals surface area contributed by atoms with Crippen LogP contribution in [0.4, 0.5) is 3.89 Å². The predicted octanol–water partition coefficient (Wildman–Crippen LogP) is 0.666. The SMILES string of the molecule is O=C(O)[C@@H](c1ccc(O)cc1)N1CC(CS(=O)(=O)F)CC1=O. The number of halogens is 1. The molecule has 0 radical (unpaired) electrons. The van der Waals surface area contributed by atoms with Crippen LogP contribution < -0.4 is 0 Å². The maximum atomic E-state index is 12.7. The molecule has 7 nitrogen and oxygen atoms in total. The fourth-order valence-corrected chi connectivity index (χ4v) is 3.35. The van der Waals surface area contributed by atoms with Crippen molar-refractivity contribution < 1.29 is 32.1 Å². The van der Waals surface area contributed by atoms with Crippen molar-refractivity contribution in [2.75, 3.05) is 12.3 Å². The van der Waals surface area contributed by atoms with Gasteiger partial charge in [0, 0.05) is 18.9 Å². The van der Waals surface area contributed by atoms with Crippen molar-refractivity contribution in [3.05, 3.63) is 29.8 Å². The Bertz CT molecular complexity index is 687. The first-order valence-corrected chi connectivity index (χ1v) is 7.96. The second kappa shape index (κ2) is 5.91. The molecule has 0 aromatic heterocycles. The van der Waals surface area contributed by atoms with Crippen molar-refractivity contribution in [3.8, 4) is 5.75 Å². The molecule has 22 heavy (non-hydrogen) atoms.